The molecular formula is C11H14O2S. The number of hydrogen-bond acceptors (Lipinski definition) is 3. The highest BCUT2D eigenvalue weighted by atomic mass is 32.2. The van der Waals surface area contributed by atoms with E-state index in [0.717, 1.165) is 18.8 Å². The number of benzene rings is 1. The van der Waals surface area contributed by atoms with E-state index < -0.39 is 0 Å². The van der Waals surface area contributed by atoms with Crippen molar-refractivity contribution in [2.45, 2.75) is 23.7 Å². The molecule has 14 heavy (non-hydrogen) atoms. The Hall–Kier alpha value is -0.510. The van der Waals surface area contributed by atoms with Crippen LogP contribution in [0.3, 0.4) is 0 Å². The van der Waals surface area contributed by atoms with Crippen LogP contribution in [0.15, 0.2) is 23.1 Å². The van der Waals surface area contributed by atoms with Gasteiger partial charge in [-0.1, -0.05) is 12.1 Å². The third kappa shape index (κ3) is 2.11. The largest absolute Gasteiger partial charge is 0.392 e. The van der Waals surface area contributed by atoms with E-state index in [-0.39, 0.29) is 6.61 Å². The van der Waals surface area contributed by atoms with Crippen molar-refractivity contribution < 1.29 is 9.84 Å². The summed E-state index contributed by atoms with van der Waals surface area (Å²) in [6, 6.07) is 6.11. The van der Waals surface area contributed by atoms with Gasteiger partial charge in [-0.15, -0.1) is 11.8 Å². The van der Waals surface area contributed by atoms with Crippen molar-refractivity contribution >= 4 is 11.8 Å². The maximum atomic E-state index is 8.97. The Morgan fingerprint density at radius 3 is 2.79 bits per heavy atom. The molecule has 0 unspecified atom stereocenters. The molecule has 1 aromatic carbocycles. The second-order valence-corrected chi connectivity index (χ2v) is 4.88. The van der Waals surface area contributed by atoms with Gasteiger partial charge < -0.3 is 9.84 Å². The lowest BCUT2D eigenvalue weighted by Crippen LogP contribution is -2.30. The first kappa shape index (κ1) is 10.0. The van der Waals surface area contributed by atoms with Crippen LogP contribution in [0, 0.1) is 6.92 Å². The van der Waals surface area contributed by atoms with Crippen molar-refractivity contribution in [1.82, 2.24) is 0 Å². The Morgan fingerprint density at radius 2 is 2.29 bits per heavy atom. The molecule has 3 heteroatoms. The van der Waals surface area contributed by atoms with Crippen molar-refractivity contribution in [1.29, 1.82) is 0 Å². The fraction of sp³-hybridized carbons (Fsp3) is 0.455. The molecule has 1 aliphatic heterocycles. The molecule has 0 aliphatic carbocycles. The van der Waals surface area contributed by atoms with Gasteiger partial charge >= 0.3 is 0 Å². The Bertz CT molecular complexity index is 321. The molecule has 0 aromatic heterocycles. The molecule has 1 aliphatic rings. The topological polar surface area (TPSA) is 29.5 Å². The average Bonchev–Trinajstić information content (AvgIpc) is 2.13. The molecule has 2 rings (SSSR count). The summed E-state index contributed by atoms with van der Waals surface area (Å²) in [7, 11) is 0. The zero-order chi connectivity index (χ0) is 9.97. The minimum Gasteiger partial charge on any atom is -0.392 e. The summed E-state index contributed by atoms with van der Waals surface area (Å²) in [4.78, 5) is 1.30. The van der Waals surface area contributed by atoms with Gasteiger partial charge in [-0.05, 0) is 24.1 Å². The third-order valence-electron chi connectivity index (χ3n) is 2.32. The van der Waals surface area contributed by atoms with Crippen LogP contribution in [0.25, 0.3) is 0 Å². The summed E-state index contributed by atoms with van der Waals surface area (Å²) < 4.78 is 5.13. The fourth-order valence-corrected chi connectivity index (χ4v) is 2.48. The average molecular weight is 210 g/mol. The van der Waals surface area contributed by atoms with Crippen molar-refractivity contribution in [3.63, 3.8) is 0 Å². The number of aliphatic hydroxyl groups is 1. The molecule has 1 aromatic rings. The van der Waals surface area contributed by atoms with E-state index in [1.54, 1.807) is 0 Å². The molecule has 0 bridgehead atoms. The molecule has 0 radical (unpaired) electrons. The Labute approximate surface area is 88.3 Å². The normalized spacial score (nSPS) is 16.7. The summed E-state index contributed by atoms with van der Waals surface area (Å²) >= 11 is 1.87. The fourth-order valence-electron chi connectivity index (χ4n) is 1.40. The van der Waals surface area contributed by atoms with Crippen LogP contribution in [0.4, 0.5) is 0 Å². The molecule has 0 atom stereocenters. The summed E-state index contributed by atoms with van der Waals surface area (Å²) in [5.74, 6) is 0. The van der Waals surface area contributed by atoms with Gasteiger partial charge in [0.05, 0.1) is 25.1 Å². The number of thioether (sulfide) groups is 1. The summed E-state index contributed by atoms with van der Waals surface area (Å²) in [5, 5.41) is 9.58. The number of hydrogen-bond donors (Lipinski definition) is 1. The van der Waals surface area contributed by atoms with Gasteiger partial charge in [0.25, 0.3) is 0 Å². The van der Waals surface area contributed by atoms with Crippen LogP contribution in [-0.4, -0.2) is 23.6 Å². The molecule has 0 amide bonds. The van der Waals surface area contributed by atoms with Crippen LogP contribution in [0.1, 0.15) is 11.1 Å². The number of aryl methyl sites for hydroxylation is 1. The molecule has 76 valence electrons. The second kappa shape index (κ2) is 4.34. The van der Waals surface area contributed by atoms with E-state index in [1.807, 2.05) is 23.9 Å². The number of ether oxygens (including phenoxy) is 1. The monoisotopic (exact) mass is 210 g/mol. The highest BCUT2D eigenvalue weighted by molar-refractivity contribution is 8.00. The number of aliphatic hydroxyl groups excluding tert-OH is 1. The van der Waals surface area contributed by atoms with Crippen molar-refractivity contribution in [3.8, 4) is 0 Å². The van der Waals surface area contributed by atoms with Crippen LogP contribution >= 0.6 is 11.8 Å². The van der Waals surface area contributed by atoms with Crippen LogP contribution in [-0.2, 0) is 11.3 Å². The lowest BCUT2D eigenvalue weighted by Gasteiger charge is -2.25. The van der Waals surface area contributed by atoms with E-state index in [0.29, 0.717) is 5.25 Å². The smallest absolute Gasteiger partial charge is 0.0681 e. The molecule has 1 heterocycles. The zero-order valence-corrected chi connectivity index (χ0v) is 9.01. The van der Waals surface area contributed by atoms with Crippen LogP contribution in [0.5, 0.6) is 0 Å². The number of rotatable bonds is 3. The van der Waals surface area contributed by atoms with Gasteiger partial charge in [0.1, 0.15) is 0 Å². The maximum absolute atomic E-state index is 8.97. The van der Waals surface area contributed by atoms with Crippen molar-refractivity contribution in [3.05, 3.63) is 29.3 Å². The minimum absolute atomic E-state index is 0.123. The molecule has 0 spiro atoms. The molecular weight excluding hydrogens is 196 g/mol. The summed E-state index contributed by atoms with van der Waals surface area (Å²) in [6.07, 6.45) is 0. The quantitative estimate of drug-likeness (QED) is 0.827. The van der Waals surface area contributed by atoms with Gasteiger partial charge in [0, 0.05) is 4.90 Å². The van der Waals surface area contributed by atoms with E-state index in [1.165, 1.54) is 10.5 Å². The Morgan fingerprint density at radius 1 is 1.50 bits per heavy atom. The van der Waals surface area contributed by atoms with E-state index in [9.17, 15) is 0 Å². The first-order chi connectivity index (χ1) is 6.79. The van der Waals surface area contributed by atoms with Crippen molar-refractivity contribution in [2.24, 2.45) is 0 Å². The molecule has 1 fully saturated rings. The SMILES string of the molecule is Cc1cc(CO)ccc1SC1COC1. The highest BCUT2D eigenvalue weighted by Gasteiger charge is 2.20. The zero-order valence-electron chi connectivity index (χ0n) is 8.19. The van der Waals surface area contributed by atoms with Crippen molar-refractivity contribution in [2.75, 3.05) is 13.2 Å². The molecule has 2 nitrogen and oxygen atoms in total. The first-order valence-corrected chi connectivity index (χ1v) is 5.62. The molecule has 1 saturated heterocycles. The first-order valence-electron chi connectivity index (χ1n) is 4.74. The maximum Gasteiger partial charge on any atom is 0.0681 e. The summed E-state index contributed by atoms with van der Waals surface area (Å²) in [5.41, 5.74) is 2.23. The Kier molecular flexibility index (Phi) is 3.11. The molecule has 1 N–H and O–H groups in total. The molecule has 0 saturated carbocycles. The van der Waals surface area contributed by atoms with Gasteiger partial charge in [0.2, 0.25) is 0 Å². The highest BCUT2D eigenvalue weighted by Crippen LogP contribution is 2.30. The van der Waals surface area contributed by atoms with Gasteiger partial charge in [-0.25, -0.2) is 0 Å². The van der Waals surface area contributed by atoms with E-state index in [4.69, 9.17) is 9.84 Å². The van der Waals surface area contributed by atoms with Crippen LogP contribution in [0.2, 0.25) is 0 Å². The van der Waals surface area contributed by atoms with Gasteiger partial charge in [-0.2, -0.15) is 0 Å². The standard InChI is InChI=1S/C11H14O2S/c1-8-4-9(5-12)2-3-11(8)14-10-6-13-7-10/h2-4,10,12H,5-7H2,1H3. The third-order valence-corrected chi connectivity index (χ3v) is 3.64. The van der Waals surface area contributed by atoms with Gasteiger partial charge in [-0.3, -0.25) is 0 Å². The minimum atomic E-state index is 0.123. The Balaban J connectivity index is 2.09. The summed E-state index contributed by atoms with van der Waals surface area (Å²) in [6.45, 7) is 3.94. The van der Waals surface area contributed by atoms with Gasteiger partial charge in [0.15, 0.2) is 0 Å². The van der Waals surface area contributed by atoms with E-state index >= 15 is 0 Å². The second-order valence-electron chi connectivity index (χ2n) is 3.54. The van der Waals surface area contributed by atoms with Crippen LogP contribution < -0.4 is 0 Å². The van der Waals surface area contributed by atoms with E-state index in [2.05, 4.69) is 13.0 Å². The predicted molar refractivity (Wildman–Crippen MR) is 57.6 cm³/mol. The predicted octanol–water partition coefficient (Wildman–Crippen LogP) is 1.98. The lowest BCUT2D eigenvalue weighted by molar-refractivity contribution is 0.0455. The lowest BCUT2D eigenvalue weighted by atomic mass is 10.1.